The van der Waals surface area contributed by atoms with Crippen molar-refractivity contribution in [1.29, 1.82) is 0 Å². The van der Waals surface area contributed by atoms with Crippen LogP contribution < -0.4 is 4.74 Å². The Hall–Kier alpha value is -1.65. The first-order chi connectivity index (χ1) is 8.54. The maximum Gasteiger partial charge on any atom is 0.309 e. The first kappa shape index (κ1) is 12.8. The van der Waals surface area contributed by atoms with E-state index in [0.717, 1.165) is 18.6 Å². The topological polar surface area (TPSA) is 35.5 Å². The van der Waals surface area contributed by atoms with Crippen LogP contribution in [-0.2, 0) is 9.53 Å². The Morgan fingerprint density at radius 3 is 2.33 bits per heavy atom. The molecule has 1 heterocycles. The second-order valence-electron chi connectivity index (χ2n) is 4.42. The summed E-state index contributed by atoms with van der Waals surface area (Å²) >= 11 is 0. The molecule has 3 nitrogen and oxygen atoms in total. The Morgan fingerprint density at radius 2 is 2.00 bits per heavy atom. The van der Waals surface area contributed by atoms with Crippen molar-refractivity contribution in [1.82, 2.24) is 0 Å². The van der Waals surface area contributed by atoms with Gasteiger partial charge in [0, 0.05) is 11.5 Å². The third kappa shape index (κ3) is 2.44. The van der Waals surface area contributed by atoms with E-state index in [-0.39, 0.29) is 17.3 Å². The number of carbonyl (C=O) groups is 1. The summed E-state index contributed by atoms with van der Waals surface area (Å²) in [7, 11) is 1.31. The number of halogens is 2. The summed E-state index contributed by atoms with van der Waals surface area (Å²) in [5, 5.41) is 0. The highest BCUT2D eigenvalue weighted by Crippen LogP contribution is 2.44. The maximum atomic E-state index is 12.7. The molecule has 2 fully saturated rings. The molecule has 5 heteroatoms. The average molecular weight is 256 g/mol. The van der Waals surface area contributed by atoms with Crippen LogP contribution in [0, 0.1) is 30.4 Å². The van der Waals surface area contributed by atoms with Gasteiger partial charge in [-0.2, -0.15) is 0 Å². The molecule has 0 spiro atoms. The molecule has 1 saturated carbocycles. The second-order valence-corrected chi connectivity index (χ2v) is 4.42. The van der Waals surface area contributed by atoms with E-state index in [2.05, 4.69) is 9.47 Å². The number of hydrogen-bond donors (Lipinski definition) is 0. The van der Waals surface area contributed by atoms with Gasteiger partial charge in [0.2, 0.25) is 0 Å². The largest absolute Gasteiger partial charge is 0.493 e. The van der Waals surface area contributed by atoms with Crippen LogP contribution in [0.2, 0.25) is 0 Å². The van der Waals surface area contributed by atoms with Gasteiger partial charge in [-0.15, -0.1) is 0 Å². The van der Waals surface area contributed by atoms with Gasteiger partial charge in [0.05, 0.1) is 19.6 Å². The number of esters is 1. The predicted molar refractivity (Wildman–Crippen MR) is 60.2 cm³/mol. The fourth-order valence-electron chi connectivity index (χ4n) is 1.90. The summed E-state index contributed by atoms with van der Waals surface area (Å²) in [6, 6.07) is 2.12. The van der Waals surface area contributed by atoms with Crippen LogP contribution in [0.25, 0.3) is 0 Å². The van der Waals surface area contributed by atoms with Crippen LogP contribution in [0.4, 0.5) is 8.78 Å². The molecule has 1 saturated heterocycles. The summed E-state index contributed by atoms with van der Waals surface area (Å²) in [5.74, 6) is -0.0443. The number of rotatable bonds is 1. The van der Waals surface area contributed by atoms with Gasteiger partial charge in [0.25, 0.3) is 0 Å². The fraction of sp³-hybridized carbons (Fsp3) is 0.462. The van der Waals surface area contributed by atoms with Crippen molar-refractivity contribution in [2.75, 3.05) is 13.7 Å². The van der Waals surface area contributed by atoms with Crippen molar-refractivity contribution >= 4 is 5.97 Å². The van der Waals surface area contributed by atoms with Crippen molar-refractivity contribution in [2.24, 2.45) is 11.8 Å². The molecule has 0 aromatic heterocycles. The molecule has 98 valence electrons. The highest BCUT2D eigenvalue weighted by atomic mass is 19.1. The van der Waals surface area contributed by atoms with Gasteiger partial charge < -0.3 is 9.47 Å². The Bertz CT molecular complexity index is 474. The van der Waals surface area contributed by atoms with E-state index in [0.29, 0.717) is 18.4 Å². The van der Waals surface area contributed by atoms with Gasteiger partial charge in [-0.05, 0) is 25.5 Å². The smallest absolute Gasteiger partial charge is 0.309 e. The molecule has 0 amide bonds. The highest BCUT2D eigenvalue weighted by molar-refractivity contribution is 5.78. The molecule has 1 aromatic rings. The molecule has 18 heavy (non-hydrogen) atoms. The average Bonchev–Trinajstić information content (AvgIpc) is 3.05. The number of methoxy groups -OCH3 is 1. The van der Waals surface area contributed by atoms with Crippen molar-refractivity contribution in [3.63, 3.8) is 0 Å². The van der Waals surface area contributed by atoms with E-state index < -0.39 is 11.6 Å². The zero-order valence-corrected chi connectivity index (χ0v) is 10.2. The van der Waals surface area contributed by atoms with E-state index in [9.17, 15) is 13.6 Å². The molecule has 0 unspecified atom stereocenters. The van der Waals surface area contributed by atoms with Crippen LogP contribution in [0.1, 0.15) is 12.0 Å². The molecule has 0 bridgehead atoms. The zero-order chi connectivity index (χ0) is 13.3. The van der Waals surface area contributed by atoms with E-state index in [1.54, 1.807) is 0 Å². The number of fused-ring (bicyclic) bond motifs is 1. The lowest BCUT2D eigenvalue weighted by Gasteiger charge is -2.05. The summed E-state index contributed by atoms with van der Waals surface area (Å²) < 4.78 is 34.8. The first-order valence-electron chi connectivity index (χ1n) is 5.69. The molecule has 2 aliphatic rings. The summed E-state index contributed by atoms with van der Waals surface area (Å²) in [6.45, 7) is 2.17. The van der Waals surface area contributed by atoms with Crippen LogP contribution in [0.15, 0.2) is 12.1 Å². The number of carbonyl (C=O) groups excluding carboxylic acids is 1. The van der Waals surface area contributed by atoms with Gasteiger partial charge in [0.1, 0.15) is 5.82 Å². The van der Waals surface area contributed by atoms with Crippen molar-refractivity contribution in [3.8, 4) is 5.75 Å². The molecular formula is C13H14F2O3. The number of hydrogen-bond acceptors (Lipinski definition) is 3. The molecule has 2 atom stereocenters. The normalized spacial score (nSPS) is 23.7. The molecule has 1 aliphatic heterocycles. The lowest BCUT2D eigenvalue weighted by molar-refractivity contribution is -0.140. The third-order valence-corrected chi connectivity index (χ3v) is 3.16. The van der Waals surface area contributed by atoms with Gasteiger partial charge >= 0.3 is 5.97 Å². The van der Waals surface area contributed by atoms with Crippen LogP contribution >= 0.6 is 0 Å². The number of benzene rings is 1. The fourth-order valence-corrected chi connectivity index (χ4v) is 1.90. The Labute approximate surface area is 104 Å². The number of ether oxygens (including phenoxy) is 2. The summed E-state index contributed by atoms with van der Waals surface area (Å²) in [5.41, 5.74) is 0.201. The minimum Gasteiger partial charge on any atom is -0.493 e. The van der Waals surface area contributed by atoms with Gasteiger partial charge in [-0.3, -0.25) is 4.79 Å². The quantitative estimate of drug-likeness (QED) is 0.724. The SMILES string of the molecule is COc1c(F)ccc(F)c1C.O=C1OC[C@@H]2C[C@H]12. The predicted octanol–water partition coefficient (Wildman–Crippen LogP) is 2.46. The van der Waals surface area contributed by atoms with E-state index in [1.807, 2.05) is 0 Å². The van der Waals surface area contributed by atoms with Gasteiger partial charge in [-0.1, -0.05) is 0 Å². The van der Waals surface area contributed by atoms with Gasteiger partial charge in [-0.25, -0.2) is 8.78 Å². The lowest BCUT2D eigenvalue weighted by Crippen LogP contribution is -1.97. The van der Waals surface area contributed by atoms with E-state index >= 15 is 0 Å². The standard InChI is InChI=1S/C8H8F2O.C5H6O2/c1-5-6(9)3-4-7(10)8(5)11-2;6-5-4-1-3(4)2-7-5/h3-4H,1-2H3;3-4H,1-2H2/t;3-,4-/m.0/s1. The van der Waals surface area contributed by atoms with Crippen molar-refractivity contribution in [3.05, 3.63) is 29.3 Å². The molecule has 1 aliphatic carbocycles. The number of cyclic esters (lactones) is 1. The second kappa shape index (κ2) is 4.92. The van der Waals surface area contributed by atoms with E-state index in [4.69, 9.17) is 0 Å². The lowest BCUT2D eigenvalue weighted by atomic mass is 10.2. The Morgan fingerprint density at radius 1 is 1.33 bits per heavy atom. The van der Waals surface area contributed by atoms with Crippen molar-refractivity contribution in [2.45, 2.75) is 13.3 Å². The van der Waals surface area contributed by atoms with Crippen LogP contribution in [0.3, 0.4) is 0 Å². The monoisotopic (exact) mass is 256 g/mol. The molecular weight excluding hydrogens is 242 g/mol. The molecule has 0 N–H and O–H groups in total. The first-order valence-corrected chi connectivity index (χ1v) is 5.69. The minimum atomic E-state index is -0.536. The summed E-state index contributed by atoms with van der Waals surface area (Å²) in [6.07, 6.45) is 1.10. The third-order valence-electron chi connectivity index (χ3n) is 3.16. The zero-order valence-electron chi connectivity index (χ0n) is 10.2. The van der Waals surface area contributed by atoms with Crippen LogP contribution in [-0.4, -0.2) is 19.7 Å². The minimum absolute atomic E-state index is 0.0231. The maximum absolute atomic E-state index is 12.7. The van der Waals surface area contributed by atoms with Crippen molar-refractivity contribution < 1.29 is 23.0 Å². The highest BCUT2D eigenvalue weighted by Gasteiger charge is 2.50. The van der Waals surface area contributed by atoms with Crippen LogP contribution in [0.5, 0.6) is 5.75 Å². The van der Waals surface area contributed by atoms with E-state index in [1.165, 1.54) is 14.0 Å². The molecule has 0 radical (unpaired) electrons. The van der Waals surface area contributed by atoms with Gasteiger partial charge in [0.15, 0.2) is 11.6 Å². The molecule has 1 aromatic carbocycles. The molecule has 3 rings (SSSR count). The Kier molecular flexibility index (Phi) is 3.50. The summed E-state index contributed by atoms with van der Waals surface area (Å²) in [4.78, 5) is 10.4. The Balaban J connectivity index is 0.000000146.